The highest BCUT2D eigenvalue weighted by Crippen LogP contribution is 2.28. The van der Waals surface area contributed by atoms with Crippen molar-refractivity contribution in [1.29, 1.82) is 0 Å². The lowest BCUT2D eigenvalue weighted by molar-refractivity contribution is -0.758. The number of nitrogens with one attached hydrogen (secondary N) is 1. The van der Waals surface area contributed by atoms with Crippen molar-refractivity contribution in [2.75, 3.05) is 6.61 Å². The van der Waals surface area contributed by atoms with Gasteiger partial charge in [-0.2, -0.15) is 0 Å². The van der Waals surface area contributed by atoms with Crippen LogP contribution in [0.5, 0.6) is 0 Å². The van der Waals surface area contributed by atoms with E-state index in [9.17, 15) is 19.7 Å². The summed E-state index contributed by atoms with van der Waals surface area (Å²) in [4.78, 5) is 37.0. The summed E-state index contributed by atoms with van der Waals surface area (Å²) < 4.78 is 0. The van der Waals surface area contributed by atoms with Crippen LogP contribution in [0.2, 0.25) is 0 Å². The van der Waals surface area contributed by atoms with Crippen molar-refractivity contribution in [2.45, 2.75) is 123 Å². The quantitative estimate of drug-likeness (QED) is 0.120. The van der Waals surface area contributed by atoms with Crippen LogP contribution in [0.3, 0.4) is 0 Å². The summed E-state index contributed by atoms with van der Waals surface area (Å²) in [6.07, 6.45) is 20.7. The van der Waals surface area contributed by atoms with Crippen LogP contribution in [0.1, 0.15) is 117 Å². The summed E-state index contributed by atoms with van der Waals surface area (Å²) in [5.74, 6) is 1.29. The predicted octanol–water partition coefficient (Wildman–Crippen LogP) is 6.33. The largest absolute Gasteiger partial charge is 0.352 e. The van der Waals surface area contributed by atoms with Crippen molar-refractivity contribution in [3.8, 4) is 0 Å². The zero-order chi connectivity index (χ0) is 24.0. The zero-order valence-corrected chi connectivity index (χ0v) is 20.6. The molecule has 0 aliphatic heterocycles. The first-order chi connectivity index (χ1) is 15.4. The van der Waals surface area contributed by atoms with Crippen molar-refractivity contribution in [1.82, 2.24) is 5.32 Å². The normalized spacial score (nSPS) is 14.6. The molecule has 1 aliphatic rings. The Hall–Kier alpha value is -1.92. The van der Waals surface area contributed by atoms with Gasteiger partial charge in [0.1, 0.15) is 12.4 Å². The lowest BCUT2D eigenvalue weighted by Gasteiger charge is -2.11. The molecule has 7 heteroatoms. The number of amides is 1. The van der Waals surface area contributed by atoms with Crippen LogP contribution in [0.4, 0.5) is 0 Å². The van der Waals surface area contributed by atoms with Crippen LogP contribution in [0.15, 0.2) is 12.2 Å². The summed E-state index contributed by atoms with van der Waals surface area (Å²) >= 11 is 0. The Morgan fingerprint density at radius 3 is 2.41 bits per heavy atom. The van der Waals surface area contributed by atoms with Crippen LogP contribution in [0, 0.1) is 16.0 Å². The lowest BCUT2D eigenvalue weighted by Crippen LogP contribution is -2.36. The molecule has 0 aromatic rings. The molecule has 0 saturated heterocycles. The number of nitrogens with zero attached hydrogens (tertiary/aromatic N) is 1. The second kappa shape index (κ2) is 21.0. The van der Waals surface area contributed by atoms with Gasteiger partial charge >= 0.3 is 0 Å². The molecule has 0 spiro atoms. The highest BCUT2D eigenvalue weighted by molar-refractivity contribution is 5.78. The molecule has 1 atom stereocenters. The molecule has 7 nitrogen and oxygen atoms in total. The molecule has 0 aromatic carbocycles. The zero-order valence-electron chi connectivity index (χ0n) is 20.6. The second-order valence-electron chi connectivity index (χ2n) is 8.84. The fourth-order valence-electron chi connectivity index (χ4n) is 3.82. The van der Waals surface area contributed by atoms with E-state index in [4.69, 9.17) is 0 Å². The summed E-state index contributed by atoms with van der Waals surface area (Å²) in [5, 5.41) is 11.6. The van der Waals surface area contributed by atoms with Crippen molar-refractivity contribution in [3.05, 3.63) is 22.3 Å². The first-order valence-electron chi connectivity index (χ1n) is 12.6. The van der Waals surface area contributed by atoms with Crippen LogP contribution in [0.25, 0.3) is 0 Å². The third-order valence-corrected chi connectivity index (χ3v) is 5.71. The predicted molar refractivity (Wildman–Crippen MR) is 129 cm³/mol. The number of hydrogen-bond acceptors (Lipinski definition) is 5. The molecule has 1 aliphatic carbocycles. The fraction of sp³-hybridized carbons (Fsp3) is 0.840. The van der Waals surface area contributed by atoms with E-state index in [-0.39, 0.29) is 18.6 Å². The topological polar surface area (TPSA) is 98.5 Å². The molecule has 1 saturated carbocycles. The maximum absolute atomic E-state index is 11.6. The SMILES string of the molecule is C/C=C\CCCC(=O)NC(C)CO[N+](=O)[O-].CCCCCCCC(=O)CCC1CCCC1. The number of Topliss-reactive ketones (excluding diaryl/α,β-unsaturated/α-hetero) is 1. The maximum Gasteiger partial charge on any atom is 0.294 e. The van der Waals surface area contributed by atoms with Gasteiger partial charge in [-0.25, -0.2) is 0 Å². The van der Waals surface area contributed by atoms with E-state index < -0.39 is 5.09 Å². The van der Waals surface area contributed by atoms with Crippen molar-refractivity contribution >= 4 is 11.7 Å². The summed E-state index contributed by atoms with van der Waals surface area (Å²) in [5.41, 5.74) is 0. The molecule has 0 aromatic heterocycles. The van der Waals surface area contributed by atoms with Crippen molar-refractivity contribution in [2.24, 2.45) is 5.92 Å². The standard InChI is InChI=1S/C15H28O.C10H18N2O4/c1-2-3-4-5-6-11-15(16)13-12-14-9-7-8-10-14;1-3-4-5-6-7-10(13)11-9(2)8-16-12(14)15/h14H,2-13H2,1H3;3-4,9H,5-8H2,1-2H3,(H,11,13)/b;4-3-. The Morgan fingerprint density at radius 2 is 1.78 bits per heavy atom. The molecule has 0 heterocycles. The van der Waals surface area contributed by atoms with E-state index in [1.54, 1.807) is 6.92 Å². The number of ketones is 1. The average Bonchev–Trinajstić information content (AvgIpc) is 3.28. The van der Waals surface area contributed by atoms with Crippen molar-refractivity contribution < 1.29 is 19.5 Å². The van der Waals surface area contributed by atoms with Crippen LogP contribution >= 0.6 is 0 Å². The highest BCUT2D eigenvalue weighted by atomic mass is 16.9. The Balaban J connectivity index is 0.000000601. The monoisotopic (exact) mass is 454 g/mol. The first-order valence-corrected chi connectivity index (χ1v) is 12.6. The van der Waals surface area contributed by atoms with Gasteiger partial charge in [0.05, 0.1) is 0 Å². The first kappa shape index (κ1) is 30.1. The Kier molecular flexibility index (Phi) is 19.7. The van der Waals surface area contributed by atoms with Crippen molar-refractivity contribution in [3.63, 3.8) is 0 Å². The Bertz CT molecular complexity index is 530. The summed E-state index contributed by atoms with van der Waals surface area (Å²) in [6.45, 7) is 5.70. The van der Waals surface area contributed by atoms with Gasteiger partial charge in [0.25, 0.3) is 5.09 Å². The fourth-order valence-corrected chi connectivity index (χ4v) is 3.82. The van der Waals surface area contributed by atoms with Gasteiger partial charge in [0.15, 0.2) is 0 Å². The maximum atomic E-state index is 11.6. The summed E-state index contributed by atoms with van der Waals surface area (Å²) in [7, 11) is 0. The number of rotatable bonds is 17. The van der Waals surface area contributed by atoms with E-state index in [0.29, 0.717) is 12.2 Å². The average molecular weight is 455 g/mol. The molecule has 0 bridgehead atoms. The molecule has 0 radical (unpaired) electrons. The minimum atomic E-state index is -0.866. The number of unbranched alkanes of at least 4 members (excludes halogenated alkanes) is 5. The van der Waals surface area contributed by atoms with E-state index in [1.807, 2.05) is 19.1 Å². The van der Waals surface area contributed by atoms with E-state index in [1.165, 1.54) is 57.8 Å². The van der Waals surface area contributed by atoms with Gasteiger partial charge < -0.3 is 10.2 Å². The third kappa shape index (κ3) is 20.0. The van der Waals surface area contributed by atoms with Crippen LogP contribution in [-0.2, 0) is 14.4 Å². The molecule has 1 N–H and O–H groups in total. The third-order valence-electron chi connectivity index (χ3n) is 5.71. The molecule has 1 rings (SSSR count). The highest BCUT2D eigenvalue weighted by Gasteiger charge is 2.15. The lowest BCUT2D eigenvalue weighted by atomic mass is 9.98. The number of allylic oxidation sites excluding steroid dienone is 2. The molecular formula is C25H46N2O5. The van der Waals surface area contributed by atoms with Gasteiger partial charge in [-0.05, 0) is 45.4 Å². The smallest absolute Gasteiger partial charge is 0.294 e. The van der Waals surface area contributed by atoms with Gasteiger partial charge in [-0.3, -0.25) is 9.59 Å². The molecule has 32 heavy (non-hydrogen) atoms. The molecule has 1 unspecified atom stereocenters. The number of carbonyl (C=O) groups is 2. The Labute approximate surface area is 194 Å². The minimum absolute atomic E-state index is 0.107. The summed E-state index contributed by atoms with van der Waals surface area (Å²) in [6, 6.07) is -0.348. The van der Waals surface area contributed by atoms with Crippen LogP contribution < -0.4 is 5.32 Å². The van der Waals surface area contributed by atoms with E-state index >= 15 is 0 Å². The minimum Gasteiger partial charge on any atom is -0.352 e. The molecule has 1 fully saturated rings. The van der Waals surface area contributed by atoms with Gasteiger partial charge in [-0.1, -0.05) is 70.4 Å². The van der Waals surface area contributed by atoms with E-state index in [2.05, 4.69) is 17.1 Å². The number of carbonyl (C=O) groups excluding carboxylic acids is 2. The molecule has 186 valence electrons. The number of hydrogen-bond donors (Lipinski definition) is 1. The van der Waals surface area contributed by atoms with Gasteiger partial charge in [0.2, 0.25) is 5.91 Å². The Morgan fingerprint density at radius 1 is 1.09 bits per heavy atom. The van der Waals surface area contributed by atoms with E-state index in [0.717, 1.165) is 38.0 Å². The second-order valence-corrected chi connectivity index (χ2v) is 8.84. The van der Waals surface area contributed by atoms with Gasteiger partial charge in [0, 0.05) is 25.3 Å². The molecular weight excluding hydrogens is 408 g/mol. The van der Waals surface area contributed by atoms with Crippen LogP contribution in [-0.4, -0.2) is 29.4 Å². The van der Waals surface area contributed by atoms with Gasteiger partial charge in [-0.15, -0.1) is 10.1 Å². The molecule has 1 amide bonds.